The van der Waals surface area contributed by atoms with Crippen molar-refractivity contribution in [1.29, 1.82) is 0 Å². The average Bonchev–Trinajstić information content (AvgIpc) is 3.43. The first-order valence-electron chi connectivity index (χ1n) is 15.7. The molecule has 8 heteroatoms. The highest BCUT2D eigenvalue weighted by atomic mass is 31.2. The Bertz CT molecular complexity index is 1120. The molecule has 42 heavy (non-hydrogen) atoms. The van der Waals surface area contributed by atoms with Crippen molar-refractivity contribution in [2.24, 2.45) is 17.8 Å². The molecule has 5 nitrogen and oxygen atoms in total. The van der Waals surface area contributed by atoms with E-state index in [0.29, 0.717) is 25.1 Å². The van der Waals surface area contributed by atoms with E-state index < -0.39 is 28.0 Å². The molecular formula is C34H54FO5PSi. The molecule has 1 aromatic carbocycles. The minimum atomic E-state index is -2.54. The van der Waals surface area contributed by atoms with E-state index in [1.54, 1.807) is 6.66 Å². The van der Waals surface area contributed by atoms with Crippen LogP contribution < -0.4 is 0 Å². The van der Waals surface area contributed by atoms with E-state index in [0.717, 1.165) is 25.7 Å². The maximum absolute atomic E-state index is 15.6. The van der Waals surface area contributed by atoms with Crippen LogP contribution in [0.5, 0.6) is 0 Å². The van der Waals surface area contributed by atoms with Crippen LogP contribution in [0.4, 0.5) is 4.39 Å². The van der Waals surface area contributed by atoms with Crippen molar-refractivity contribution in [1.82, 2.24) is 0 Å². The number of unbranched alkanes of at least 4 members (excludes halogenated alkanes) is 1. The predicted molar refractivity (Wildman–Crippen MR) is 174 cm³/mol. The monoisotopic (exact) mass is 620 g/mol. The number of alkyl halides is 1. The van der Waals surface area contributed by atoms with Gasteiger partial charge in [0.1, 0.15) is 12.3 Å². The fraction of sp³-hybridized carbons (Fsp3) is 0.676. The second-order valence-corrected chi connectivity index (χ2v) is 21.3. The third-order valence-electron chi connectivity index (χ3n) is 9.38. The summed E-state index contributed by atoms with van der Waals surface area (Å²) in [5.41, 5.74) is 2.75. The van der Waals surface area contributed by atoms with Gasteiger partial charge in [0.05, 0.1) is 12.7 Å². The zero-order chi connectivity index (χ0) is 31.1. The number of hydrogen-bond acceptors (Lipinski definition) is 5. The third-order valence-corrected chi connectivity index (χ3v) is 15.8. The Balaban J connectivity index is 1.77. The van der Waals surface area contributed by atoms with Crippen LogP contribution in [0.2, 0.25) is 18.1 Å². The average molecular weight is 621 g/mol. The fourth-order valence-electron chi connectivity index (χ4n) is 6.07. The molecule has 0 heterocycles. The van der Waals surface area contributed by atoms with Gasteiger partial charge in [-0.1, -0.05) is 69.3 Å². The number of hydrogen-bond donors (Lipinski definition) is 0. The van der Waals surface area contributed by atoms with Crippen LogP contribution in [0, 0.1) is 17.8 Å². The lowest BCUT2D eigenvalue weighted by molar-refractivity contribution is -0.148. The normalized spacial score (nSPS) is 25.6. The van der Waals surface area contributed by atoms with Crippen LogP contribution in [0.3, 0.4) is 0 Å². The number of carbonyl (C=O) groups is 1. The van der Waals surface area contributed by atoms with E-state index in [4.69, 9.17) is 13.7 Å². The zero-order valence-corrected chi connectivity index (χ0v) is 29.0. The number of rotatable bonds is 14. The van der Waals surface area contributed by atoms with Crippen LogP contribution in [0.25, 0.3) is 0 Å². The summed E-state index contributed by atoms with van der Waals surface area (Å²) in [4.78, 5) is 11.9. The highest BCUT2D eigenvalue weighted by molar-refractivity contribution is 7.58. The first kappa shape index (κ1) is 35.0. The molecule has 0 amide bonds. The fourth-order valence-corrected chi connectivity index (χ4v) is 8.81. The molecule has 0 bridgehead atoms. The number of carbonyl (C=O) groups excluding carboxylic acids is 1. The number of fused-ring (bicyclic) bond motifs is 1. The summed E-state index contributed by atoms with van der Waals surface area (Å²) in [5.74, 6) is -0.571. The maximum Gasteiger partial charge on any atom is 0.302 e. The molecule has 0 aliphatic heterocycles. The Morgan fingerprint density at radius 1 is 1.17 bits per heavy atom. The smallest absolute Gasteiger partial charge is 0.302 e. The number of ether oxygens (including phenoxy) is 1. The van der Waals surface area contributed by atoms with Gasteiger partial charge in [0, 0.05) is 38.0 Å². The van der Waals surface area contributed by atoms with Crippen molar-refractivity contribution < 1.29 is 27.4 Å². The Kier molecular flexibility index (Phi) is 12.5. The van der Waals surface area contributed by atoms with E-state index in [-0.39, 0.29) is 35.4 Å². The van der Waals surface area contributed by atoms with Crippen LogP contribution in [-0.2, 0) is 35.9 Å². The quantitative estimate of drug-likeness (QED) is 0.0683. The molecule has 0 spiro atoms. The van der Waals surface area contributed by atoms with Crippen molar-refractivity contribution in [2.75, 3.05) is 19.4 Å². The molecule has 1 saturated carbocycles. The van der Waals surface area contributed by atoms with Crippen LogP contribution >= 0.6 is 7.37 Å². The van der Waals surface area contributed by atoms with E-state index in [1.165, 1.54) is 18.1 Å². The topological polar surface area (TPSA) is 61.8 Å². The Morgan fingerprint density at radius 2 is 1.81 bits per heavy atom. The molecule has 6 atom stereocenters. The SMILES string of the molecule is CCOP(C)(=O)CCC/C=C\C[C@@H]1[C@@H](/C=C/C(O[Si](C)(C)C(C)(C)C)C2Cc3ccccc3C2)[C@@H](F)C[C@@H]1OC(C)=O. The molecule has 2 aliphatic rings. The number of esters is 1. The van der Waals surface area contributed by atoms with Crippen molar-refractivity contribution in [3.63, 3.8) is 0 Å². The molecule has 2 aliphatic carbocycles. The Labute approximate surface area is 255 Å². The third kappa shape index (κ3) is 9.74. The second kappa shape index (κ2) is 15.0. The summed E-state index contributed by atoms with van der Waals surface area (Å²) in [6.45, 7) is 16.7. The summed E-state index contributed by atoms with van der Waals surface area (Å²) in [5, 5.41) is 0.0580. The van der Waals surface area contributed by atoms with Gasteiger partial charge in [0.25, 0.3) is 0 Å². The van der Waals surface area contributed by atoms with Crippen LogP contribution in [-0.4, -0.2) is 52.1 Å². The van der Waals surface area contributed by atoms with E-state index in [1.807, 2.05) is 13.0 Å². The molecule has 2 unspecified atom stereocenters. The molecule has 1 fully saturated rings. The van der Waals surface area contributed by atoms with Crippen molar-refractivity contribution in [2.45, 2.75) is 110 Å². The molecule has 0 saturated heterocycles. The highest BCUT2D eigenvalue weighted by Crippen LogP contribution is 2.44. The van der Waals surface area contributed by atoms with Crippen molar-refractivity contribution >= 4 is 21.7 Å². The van der Waals surface area contributed by atoms with E-state index in [2.05, 4.69) is 76.4 Å². The summed E-state index contributed by atoms with van der Waals surface area (Å²) in [7, 11) is -4.63. The maximum atomic E-state index is 15.6. The first-order chi connectivity index (χ1) is 19.6. The minimum Gasteiger partial charge on any atom is -0.462 e. The number of benzene rings is 1. The van der Waals surface area contributed by atoms with Crippen molar-refractivity contribution in [3.8, 4) is 0 Å². The first-order valence-corrected chi connectivity index (χ1v) is 20.9. The summed E-state index contributed by atoms with van der Waals surface area (Å²) in [6, 6.07) is 8.61. The highest BCUT2D eigenvalue weighted by Gasteiger charge is 2.45. The molecule has 236 valence electrons. The summed E-state index contributed by atoms with van der Waals surface area (Å²) < 4.78 is 46.0. The molecule has 0 N–H and O–H groups in total. The van der Waals surface area contributed by atoms with Gasteiger partial charge >= 0.3 is 5.97 Å². The van der Waals surface area contributed by atoms with Gasteiger partial charge in [0.2, 0.25) is 0 Å². The van der Waals surface area contributed by atoms with Gasteiger partial charge < -0.3 is 13.7 Å². The van der Waals surface area contributed by atoms with Crippen LogP contribution in [0.1, 0.15) is 71.4 Å². The molecule has 1 aromatic rings. The summed E-state index contributed by atoms with van der Waals surface area (Å²) >= 11 is 0. The van der Waals surface area contributed by atoms with Gasteiger partial charge in [-0.3, -0.25) is 9.36 Å². The predicted octanol–water partition coefficient (Wildman–Crippen LogP) is 8.92. The van der Waals surface area contributed by atoms with Gasteiger partial charge in [-0.15, -0.1) is 0 Å². The van der Waals surface area contributed by atoms with Gasteiger partial charge in [-0.2, -0.15) is 0 Å². The zero-order valence-electron chi connectivity index (χ0n) is 27.1. The Hall–Kier alpha value is -1.53. The number of halogens is 1. The lowest BCUT2D eigenvalue weighted by Crippen LogP contribution is -2.45. The van der Waals surface area contributed by atoms with Gasteiger partial charge in [-0.05, 0) is 74.2 Å². The largest absolute Gasteiger partial charge is 0.462 e. The number of allylic oxidation sites excluding steroid dienone is 3. The lowest BCUT2D eigenvalue weighted by Gasteiger charge is -2.40. The van der Waals surface area contributed by atoms with E-state index in [9.17, 15) is 9.36 Å². The van der Waals surface area contributed by atoms with E-state index >= 15 is 4.39 Å². The molecule has 0 aromatic heterocycles. The Morgan fingerprint density at radius 3 is 2.38 bits per heavy atom. The molecule has 3 rings (SSSR count). The standard InChI is InChI=1S/C34H54FO5PSi/c1-9-38-41(6,37)21-15-11-10-12-18-30-29(31(35)24-33(30)39-25(2)36)19-20-32(40-42(7,8)34(3,4)5)28-22-26-16-13-14-17-27(26)23-28/h10,12-14,16-17,19-20,28-33H,9,11,15,18,21-24H2,1-8H3/b12-10-,20-19+/t29-,30-,31+,32?,33+,41?/m1/s1. The lowest BCUT2D eigenvalue weighted by atomic mass is 9.89. The minimum absolute atomic E-state index is 0.0580. The second-order valence-electron chi connectivity index (χ2n) is 13.8. The van der Waals surface area contributed by atoms with Crippen LogP contribution in [0.15, 0.2) is 48.6 Å². The molecule has 0 radical (unpaired) electrons. The van der Waals surface area contributed by atoms with Crippen molar-refractivity contribution in [3.05, 3.63) is 59.7 Å². The molecular weight excluding hydrogens is 566 g/mol. The summed E-state index contributed by atoms with van der Waals surface area (Å²) in [6.07, 6.45) is 11.5. The van der Waals surface area contributed by atoms with Gasteiger partial charge in [0.15, 0.2) is 15.7 Å². The van der Waals surface area contributed by atoms with Gasteiger partial charge in [-0.25, -0.2) is 4.39 Å².